The molecule has 0 aromatic carbocycles. The van der Waals surface area contributed by atoms with E-state index in [-0.39, 0.29) is 5.69 Å². The van der Waals surface area contributed by atoms with Crippen molar-refractivity contribution in [2.45, 2.75) is 0 Å². The van der Waals surface area contributed by atoms with Gasteiger partial charge in [0, 0.05) is 30.2 Å². The summed E-state index contributed by atoms with van der Waals surface area (Å²) >= 11 is 0. The van der Waals surface area contributed by atoms with Gasteiger partial charge in [0.05, 0.1) is 11.9 Å². The van der Waals surface area contributed by atoms with Crippen LogP contribution in [0.25, 0.3) is 22.6 Å². The third-order valence-corrected chi connectivity index (χ3v) is 3.25. The summed E-state index contributed by atoms with van der Waals surface area (Å²) in [5.41, 5.74) is 2.97. The van der Waals surface area contributed by atoms with E-state index in [1.165, 1.54) is 6.20 Å². The summed E-state index contributed by atoms with van der Waals surface area (Å²) in [4.78, 5) is 19.4. The molecule has 0 saturated carbocycles. The molecule has 0 unspecified atom stereocenters. The highest BCUT2D eigenvalue weighted by Gasteiger charge is 2.12. The quantitative estimate of drug-likeness (QED) is 0.604. The molecule has 1 N–H and O–H groups in total. The average Bonchev–Trinajstić information content (AvgIpc) is 3.12. The minimum absolute atomic E-state index is 0.00979. The van der Waals surface area contributed by atoms with E-state index in [9.17, 15) is 4.79 Å². The van der Waals surface area contributed by atoms with Crippen LogP contribution in [0.3, 0.4) is 0 Å². The first-order chi connectivity index (χ1) is 10.2. The van der Waals surface area contributed by atoms with Gasteiger partial charge < -0.3 is 5.11 Å². The highest BCUT2D eigenvalue weighted by molar-refractivity contribution is 5.86. The maximum absolute atomic E-state index is 11.1. The molecule has 4 aromatic heterocycles. The predicted molar refractivity (Wildman–Crippen MR) is 74.1 cm³/mol. The molecule has 21 heavy (non-hydrogen) atoms. The molecule has 0 atom stereocenters. The van der Waals surface area contributed by atoms with Gasteiger partial charge in [0.25, 0.3) is 0 Å². The van der Waals surface area contributed by atoms with Crippen LogP contribution in [-0.4, -0.2) is 35.1 Å². The standard InChI is InChI=1S/C14H9N5O2/c20-14(21)10-8-18-11(2-1-3-13(18)17-10)9-6-15-12-4-5-16-19(12)7-9/h1-8H,(H,20,21). The van der Waals surface area contributed by atoms with Crippen molar-refractivity contribution in [3.8, 4) is 11.3 Å². The third-order valence-electron chi connectivity index (χ3n) is 3.25. The molecule has 0 bridgehead atoms. The highest BCUT2D eigenvalue weighted by Crippen LogP contribution is 2.21. The Hall–Kier alpha value is -3.22. The largest absolute Gasteiger partial charge is 0.476 e. The lowest BCUT2D eigenvalue weighted by Gasteiger charge is -2.05. The molecule has 0 aliphatic rings. The van der Waals surface area contributed by atoms with Gasteiger partial charge in [-0.3, -0.25) is 4.40 Å². The van der Waals surface area contributed by atoms with Gasteiger partial charge in [-0.2, -0.15) is 5.10 Å². The van der Waals surface area contributed by atoms with E-state index in [1.54, 1.807) is 27.4 Å². The second-order valence-electron chi connectivity index (χ2n) is 4.55. The van der Waals surface area contributed by atoms with Crippen LogP contribution >= 0.6 is 0 Å². The fraction of sp³-hybridized carbons (Fsp3) is 0. The molecule has 4 rings (SSSR count). The highest BCUT2D eigenvalue weighted by atomic mass is 16.4. The van der Waals surface area contributed by atoms with E-state index in [1.807, 2.05) is 24.4 Å². The monoisotopic (exact) mass is 279 g/mol. The average molecular weight is 279 g/mol. The lowest BCUT2D eigenvalue weighted by molar-refractivity contribution is 0.0691. The number of imidazole rings is 1. The molecule has 4 aromatic rings. The zero-order valence-corrected chi connectivity index (χ0v) is 10.7. The number of fused-ring (bicyclic) bond motifs is 2. The zero-order chi connectivity index (χ0) is 14.4. The van der Waals surface area contributed by atoms with Crippen LogP contribution in [-0.2, 0) is 0 Å². The summed E-state index contributed by atoms with van der Waals surface area (Å²) in [5, 5.41) is 13.2. The molecule has 0 fully saturated rings. The van der Waals surface area contributed by atoms with Gasteiger partial charge in [0.1, 0.15) is 5.65 Å². The Morgan fingerprint density at radius 1 is 1.14 bits per heavy atom. The number of rotatable bonds is 2. The SMILES string of the molecule is O=C(O)c1cn2c(-c3cnc4ccnn4c3)cccc2n1. The summed E-state index contributed by atoms with van der Waals surface area (Å²) in [7, 11) is 0. The van der Waals surface area contributed by atoms with E-state index in [0.29, 0.717) is 5.65 Å². The molecule has 7 nitrogen and oxygen atoms in total. The Morgan fingerprint density at radius 3 is 2.90 bits per heavy atom. The maximum atomic E-state index is 11.1. The summed E-state index contributed by atoms with van der Waals surface area (Å²) < 4.78 is 3.40. The molecule has 0 aliphatic carbocycles. The molecule has 0 radical (unpaired) electrons. The molecule has 7 heteroatoms. The van der Waals surface area contributed by atoms with Crippen molar-refractivity contribution in [1.29, 1.82) is 0 Å². The number of nitrogens with zero attached hydrogens (tertiary/aromatic N) is 5. The first-order valence-electron chi connectivity index (χ1n) is 6.23. The van der Waals surface area contributed by atoms with Crippen molar-refractivity contribution in [2.75, 3.05) is 0 Å². The summed E-state index contributed by atoms with van der Waals surface area (Å²) in [6.45, 7) is 0. The van der Waals surface area contributed by atoms with Crippen LogP contribution in [0.15, 0.2) is 49.1 Å². The Labute approximate surface area is 118 Å². The van der Waals surface area contributed by atoms with E-state index in [4.69, 9.17) is 5.11 Å². The van der Waals surface area contributed by atoms with Gasteiger partial charge >= 0.3 is 5.97 Å². The minimum atomic E-state index is -1.05. The number of aromatic nitrogens is 5. The number of carboxylic acids is 1. The Bertz CT molecular complexity index is 985. The molecule has 0 saturated heterocycles. The zero-order valence-electron chi connectivity index (χ0n) is 10.7. The van der Waals surface area contributed by atoms with Crippen molar-refractivity contribution >= 4 is 17.3 Å². The first kappa shape index (κ1) is 11.6. The Balaban J connectivity index is 1.98. The van der Waals surface area contributed by atoms with Gasteiger partial charge in [-0.15, -0.1) is 0 Å². The normalized spacial score (nSPS) is 11.2. The Morgan fingerprint density at radius 2 is 2.05 bits per heavy atom. The lowest BCUT2D eigenvalue weighted by atomic mass is 10.2. The van der Waals surface area contributed by atoms with E-state index >= 15 is 0 Å². The number of hydrogen-bond donors (Lipinski definition) is 1. The maximum Gasteiger partial charge on any atom is 0.356 e. The van der Waals surface area contributed by atoms with E-state index < -0.39 is 5.97 Å². The molecule has 0 aliphatic heterocycles. The van der Waals surface area contributed by atoms with Gasteiger partial charge in [0.2, 0.25) is 0 Å². The Kier molecular flexibility index (Phi) is 2.28. The number of pyridine rings is 1. The van der Waals surface area contributed by atoms with Gasteiger partial charge in [0.15, 0.2) is 11.3 Å². The van der Waals surface area contributed by atoms with Crippen LogP contribution in [0.4, 0.5) is 0 Å². The number of carboxylic acid groups (broad SMARTS) is 1. The number of carbonyl (C=O) groups is 1. The predicted octanol–water partition coefficient (Wildman–Crippen LogP) is 1.74. The van der Waals surface area contributed by atoms with Crippen LogP contribution < -0.4 is 0 Å². The minimum Gasteiger partial charge on any atom is -0.476 e. The molecular formula is C14H9N5O2. The number of hydrogen-bond acceptors (Lipinski definition) is 4. The summed E-state index contributed by atoms with van der Waals surface area (Å²) in [5.74, 6) is -1.05. The lowest BCUT2D eigenvalue weighted by Crippen LogP contribution is -1.96. The summed E-state index contributed by atoms with van der Waals surface area (Å²) in [6, 6.07) is 7.28. The van der Waals surface area contributed by atoms with Crippen molar-refractivity contribution < 1.29 is 9.90 Å². The van der Waals surface area contributed by atoms with Crippen molar-refractivity contribution in [2.24, 2.45) is 0 Å². The second kappa shape index (κ2) is 4.14. The molecule has 0 spiro atoms. The first-order valence-corrected chi connectivity index (χ1v) is 6.23. The van der Waals surface area contributed by atoms with Crippen LogP contribution in [0, 0.1) is 0 Å². The molecular weight excluding hydrogens is 270 g/mol. The van der Waals surface area contributed by atoms with E-state index in [0.717, 1.165) is 16.9 Å². The molecule has 0 amide bonds. The van der Waals surface area contributed by atoms with Crippen LogP contribution in [0.5, 0.6) is 0 Å². The topological polar surface area (TPSA) is 84.8 Å². The van der Waals surface area contributed by atoms with Crippen molar-refractivity contribution in [1.82, 2.24) is 24.0 Å². The van der Waals surface area contributed by atoms with Gasteiger partial charge in [-0.25, -0.2) is 19.3 Å². The molecule has 4 heterocycles. The van der Waals surface area contributed by atoms with Crippen LogP contribution in [0.2, 0.25) is 0 Å². The van der Waals surface area contributed by atoms with Crippen LogP contribution in [0.1, 0.15) is 10.5 Å². The number of aromatic carboxylic acids is 1. The van der Waals surface area contributed by atoms with Gasteiger partial charge in [-0.1, -0.05) is 6.07 Å². The fourth-order valence-electron chi connectivity index (χ4n) is 2.29. The van der Waals surface area contributed by atoms with Crippen molar-refractivity contribution in [3.05, 3.63) is 54.7 Å². The van der Waals surface area contributed by atoms with Gasteiger partial charge in [-0.05, 0) is 12.1 Å². The van der Waals surface area contributed by atoms with E-state index in [2.05, 4.69) is 15.1 Å². The smallest absolute Gasteiger partial charge is 0.356 e. The fourth-order valence-corrected chi connectivity index (χ4v) is 2.29. The third kappa shape index (κ3) is 1.75. The molecule has 102 valence electrons. The second-order valence-corrected chi connectivity index (χ2v) is 4.55. The van der Waals surface area contributed by atoms with Crippen molar-refractivity contribution in [3.63, 3.8) is 0 Å². The summed E-state index contributed by atoms with van der Waals surface area (Å²) in [6.07, 6.45) is 6.75.